The number of fused-ring (bicyclic) bond motifs is 1. The molecular weight excluding hydrogens is 642 g/mol. The van der Waals surface area contributed by atoms with Crippen LogP contribution >= 0.6 is 0 Å². The third-order valence-electron chi connectivity index (χ3n) is 9.89. The third-order valence-corrected chi connectivity index (χ3v) is 10.8. The zero-order valence-corrected chi connectivity index (χ0v) is 26.4. The van der Waals surface area contributed by atoms with Gasteiger partial charge in [-0.1, -0.05) is 18.2 Å². The number of carbonyl (C=O) groups excluding carboxylic acids is 1. The van der Waals surface area contributed by atoms with Crippen molar-refractivity contribution in [2.75, 3.05) is 18.6 Å². The Morgan fingerprint density at radius 1 is 1.02 bits per heavy atom. The van der Waals surface area contributed by atoms with Gasteiger partial charge >= 0.3 is 12.1 Å². The van der Waals surface area contributed by atoms with E-state index in [4.69, 9.17) is 9.47 Å². The Balaban J connectivity index is 1.28. The summed E-state index contributed by atoms with van der Waals surface area (Å²) in [4.78, 5) is 26.8. The molecule has 4 bridgehead atoms. The van der Waals surface area contributed by atoms with Crippen molar-refractivity contribution in [3.63, 3.8) is 0 Å². The van der Waals surface area contributed by atoms with Gasteiger partial charge in [-0.05, 0) is 97.7 Å². The molecule has 2 unspecified atom stereocenters. The minimum Gasteiger partial charge on any atom is -0.487 e. The summed E-state index contributed by atoms with van der Waals surface area (Å²) in [6, 6.07) is 9.87. The molecule has 0 radical (unpaired) electrons. The van der Waals surface area contributed by atoms with Crippen LogP contribution in [-0.4, -0.2) is 55.7 Å². The van der Waals surface area contributed by atoms with Crippen molar-refractivity contribution in [2.24, 2.45) is 17.3 Å². The van der Waals surface area contributed by atoms with Crippen molar-refractivity contribution in [3.8, 4) is 5.75 Å². The average Bonchev–Trinajstić information content (AvgIpc) is 2.96. The zero-order valence-electron chi connectivity index (χ0n) is 25.6. The Bertz CT molecular complexity index is 1800. The fraction of sp³-hybridized carbons (Fsp3) is 0.471. The van der Waals surface area contributed by atoms with Crippen LogP contribution in [-0.2, 0) is 32.2 Å². The van der Waals surface area contributed by atoms with Crippen molar-refractivity contribution in [3.05, 3.63) is 77.1 Å². The molecule has 1 amide bonds. The molecule has 0 aliphatic heterocycles. The van der Waals surface area contributed by atoms with Gasteiger partial charge in [0.1, 0.15) is 34.1 Å². The van der Waals surface area contributed by atoms with Crippen molar-refractivity contribution in [1.82, 2.24) is 5.32 Å². The maximum Gasteiger partial charge on any atom is 0.416 e. The molecule has 252 valence electrons. The number of nitrogens with one attached hydrogen (secondary N) is 1. The zero-order chi connectivity index (χ0) is 33.8. The predicted molar refractivity (Wildman–Crippen MR) is 164 cm³/mol. The van der Waals surface area contributed by atoms with E-state index in [0.717, 1.165) is 24.8 Å². The van der Waals surface area contributed by atoms with Crippen LogP contribution in [0.1, 0.15) is 60.0 Å². The van der Waals surface area contributed by atoms with E-state index < -0.39 is 56.3 Å². The van der Waals surface area contributed by atoms with E-state index in [0.29, 0.717) is 48.4 Å². The number of carboxylic acids is 1. The van der Waals surface area contributed by atoms with Gasteiger partial charge in [0.15, 0.2) is 0 Å². The molecule has 47 heavy (non-hydrogen) atoms. The van der Waals surface area contributed by atoms with Crippen molar-refractivity contribution in [1.29, 1.82) is 0 Å². The first-order chi connectivity index (χ1) is 22.0. The standard InChI is InChI=1S/C34H35F4NO7S/c1-47(43,44)11-10-46-33-16-21-12-22(17-33)15-32(14-21,19-33)29(31(41)42)39-30(40)27-8-4-23-13-25(35)7-9-26(23)28(27)45-18-20-2-5-24(6-3-20)34(36,37)38/h2-9,13,21-22,29H,10-12,14-19H2,1H3,(H,39,40)(H,41,42)/t21-,22+,29-,32?,33?/m1/s1. The molecular formula is C34H35F4NO7S. The van der Waals surface area contributed by atoms with E-state index in [1.807, 2.05) is 0 Å². The second-order valence-corrected chi connectivity index (χ2v) is 15.8. The highest BCUT2D eigenvalue weighted by Crippen LogP contribution is 2.64. The molecule has 0 saturated heterocycles. The molecule has 4 fully saturated rings. The van der Waals surface area contributed by atoms with Crippen molar-refractivity contribution >= 4 is 32.5 Å². The number of carbonyl (C=O) groups is 2. The first-order valence-electron chi connectivity index (χ1n) is 15.4. The number of alkyl halides is 3. The lowest BCUT2D eigenvalue weighted by molar-refractivity contribution is -0.201. The molecule has 7 rings (SSSR count). The number of sulfone groups is 1. The quantitative estimate of drug-likeness (QED) is 0.234. The molecule has 4 aliphatic carbocycles. The van der Waals surface area contributed by atoms with Gasteiger partial charge in [0.25, 0.3) is 5.91 Å². The summed E-state index contributed by atoms with van der Waals surface area (Å²) in [5, 5.41) is 14.0. The second kappa shape index (κ2) is 12.1. The SMILES string of the molecule is CS(=O)(=O)CCOC12C[C@H]3C[C@@H](C1)CC([C@H](NC(=O)c1ccc4cc(F)ccc4c1OCc1ccc(C(F)(F)F)cc1)C(=O)O)(C3)C2. The Labute approximate surface area is 269 Å². The smallest absolute Gasteiger partial charge is 0.416 e. The van der Waals surface area contributed by atoms with Crippen LogP contribution in [0, 0.1) is 23.1 Å². The van der Waals surface area contributed by atoms with E-state index in [1.165, 1.54) is 42.5 Å². The summed E-state index contributed by atoms with van der Waals surface area (Å²) in [6.45, 7) is -0.201. The number of halogens is 4. The Hall–Kier alpha value is -3.71. The average molecular weight is 678 g/mol. The normalized spacial score (nSPS) is 25.9. The van der Waals surface area contributed by atoms with Crippen molar-refractivity contribution in [2.45, 2.75) is 63.0 Å². The molecule has 0 aromatic heterocycles. The summed E-state index contributed by atoms with van der Waals surface area (Å²) in [7, 11) is -3.26. The van der Waals surface area contributed by atoms with Gasteiger partial charge in [-0.2, -0.15) is 13.2 Å². The summed E-state index contributed by atoms with van der Waals surface area (Å²) in [5.41, 5.74) is -1.93. The van der Waals surface area contributed by atoms with Gasteiger partial charge in [0.05, 0.1) is 29.1 Å². The number of hydrogen-bond donors (Lipinski definition) is 2. The van der Waals surface area contributed by atoms with Gasteiger partial charge in [0.2, 0.25) is 0 Å². The largest absolute Gasteiger partial charge is 0.487 e. The minimum absolute atomic E-state index is 0.00823. The number of rotatable bonds is 11. The number of hydrogen-bond acceptors (Lipinski definition) is 6. The maximum absolute atomic E-state index is 14.1. The van der Waals surface area contributed by atoms with E-state index in [2.05, 4.69) is 5.32 Å². The van der Waals surface area contributed by atoms with Crippen LogP contribution < -0.4 is 10.1 Å². The van der Waals surface area contributed by atoms with Gasteiger partial charge in [0, 0.05) is 17.1 Å². The number of amides is 1. The van der Waals surface area contributed by atoms with Crippen LogP contribution in [0.15, 0.2) is 54.6 Å². The lowest BCUT2D eigenvalue weighted by Gasteiger charge is -2.63. The van der Waals surface area contributed by atoms with E-state index in [-0.39, 0.29) is 42.1 Å². The fourth-order valence-electron chi connectivity index (χ4n) is 8.40. The molecule has 2 N–H and O–H groups in total. The molecule has 3 aromatic rings. The highest BCUT2D eigenvalue weighted by Gasteiger charge is 2.62. The van der Waals surface area contributed by atoms with Crippen molar-refractivity contribution < 1.29 is 50.1 Å². The third kappa shape index (κ3) is 6.96. The van der Waals surface area contributed by atoms with Crippen LogP contribution in [0.4, 0.5) is 17.6 Å². The molecule has 5 atom stereocenters. The molecule has 4 saturated carbocycles. The Kier molecular flexibility index (Phi) is 8.53. The summed E-state index contributed by atoms with van der Waals surface area (Å²) in [5.74, 6) is -2.22. The molecule has 8 nitrogen and oxygen atoms in total. The highest BCUT2D eigenvalue weighted by atomic mass is 32.2. The number of benzene rings is 3. The van der Waals surface area contributed by atoms with E-state index >= 15 is 0 Å². The van der Waals surface area contributed by atoms with Crippen LogP contribution in [0.3, 0.4) is 0 Å². The monoisotopic (exact) mass is 677 g/mol. The topological polar surface area (TPSA) is 119 Å². The summed E-state index contributed by atoms with van der Waals surface area (Å²) in [6.07, 6.45) is 0.474. The van der Waals surface area contributed by atoms with Gasteiger partial charge < -0.3 is 19.9 Å². The molecule has 0 heterocycles. The number of carboxylic acid groups (broad SMARTS) is 1. The molecule has 0 spiro atoms. The number of ether oxygens (including phenoxy) is 2. The summed E-state index contributed by atoms with van der Waals surface area (Å²) < 4.78 is 89.0. The van der Waals surface area contributed by atoms with E-state index in [1.54, 1.807) is 0 Å². The van der Waals surface area contributed by atoms with Crippen LogP contribution in [0.25, 0.3) is 10.8 Å². The lowest BCUT2D eigenvalue weighted by atomic mass is 9.46. The maximum atomic E-state index is 14.1. The fourth-order valence-corrected chi connectivity index (χ4v) is 8.79. The number of aliphatic carboxylic acids is 1. The first-order valence-corrected chi connectivity index (χ1v) is 17.5. The molecule has 3 aromatic carbocycles. The van der Waals surface area contributed by atoms with Crippen LogP contribution in [0.2, 0.25) is 0 Å². The van der Waals surface area contributed by atoms with E-state index in [9.17, 15) is 40.7 Å². The first kappa shape index (κ1) is 33.2. The molecule has 4 aliphatic rings. The highest BCUT2D eigenvalue weighted by molar-refractivity contribution is 7.90. The van der Waals surface area contributed by atoms with Gasteiger partial charge in [-0.15, -0.1) is 0 Å². The van der Waals surface area contributed by atoms with Gasteiger partial charge in [-0.3, -0.25) is 4.79 Å². The minimum atomic E-state index is -4.51. The lowest BCUT2D eigenvalue weighted by Crippen LogP contribution is -2.65. The predicted octanol–water partition coefficient (Wildman–Crippen LogP) is 6.16. The summed E-state index contributed by atoms with van der Waals surface area (Å²) >= 11 is 0. The van der Waals surface area contributed by atoms with Crippen LogP contribution in [0.5, 0.6) is 5.75 Å². The Morgan fingerprint density at radius 3 is 2.32 bits per heavy atom. The molecule has 13 heteroatoms. The second-order valence-electron chi connectivity index (χ2n) is 13.5. The Morgan fingerprint density at radius 2 is 1.70 bits per heavy atom. The van der Waals surface area contributed by atoms with Gasteiger partial charge in [-0.25, -0.2) is 17.6 Å².